The molecule has 1 aliphatic heterocycles. The van der Waals surface area contributed by atoms with Crippen LogP contribution in [0.3, 0.4) is 0 Å². The van der Waals surface area contributed by atoms with E-state index in [-0.39, 0.29) is 23.8 Å². The Morgan fingerprint density at radius 3 is 2.44 bits per heavy atom. The van der Waals surface area contributed by atoms with Gasteiger partial charge < -0.3 is 10.1 Å². The van der Waals surface area contributed by atoms with Gasteiger partial charge in [-0.15, -0.1) is 11.3 Å². The lowest BCUT2D eigenvalue weighted by Crippen LogP contribution is -2.50. The van der Waals surface area contributed by atoms with Crippen LogP contribution in [0.15, 0.2) is 70.3 Å². The molecule has 4 rings (SSSR count). The van der Waals surface area contributed by atoms with Crippen LogP contribution in [0.4, 0.5) is 5.69 Å². The van der Waals surface area contributed by atoms with E-state index in [0.29, 0.717) is 11.3 Å². The van der Waals surface area contributed by atoms with Gasteiger partial charge in [0.1, 0.15) is 10.3 Å². The van der Waals surface area contributed by atoms with Crippen LogP contribution in [0, 0.1) is 0 Å². The minimum atomic E-state index is -3.84. The summed E-state index contributed by atoms with van der Waals surface area (Å²) in [6, 6.07) is 16.2. The van der Waals surface area contributed by atoms with E-state index in [2.05, 4.69) is 5.32 Å². The van der Waals surface area contributed by atoms with Crippen LogP contribution in [0.5, 0.6) is 0 Å². The number of ether oxygens (including phenoxy) is 1. The standard InChI is InChI=1S/C23H22N2O5S2/c1-2-30-23(27)16-9-11-19(12-10-16)24-22(26)20-14-17-6-3-4-7-18(17)15-25(20)32(28,29)21-8-5-13-31-21/h3-13,20H,2,14-15H2,1H3,(H,24,26). The van der Waals surface area contributed by atoms with Crippen LogP contribution in [0.2, 0.25) is 0 Å². The van der Waals surface area contributed by atoms with Crippen molar-refractivity contribution in [3.05, 3.63) is 82.7 Å². The molecule has 0 bridgehead atoms. The first-order valence-corrected chi connectivity index (χ1v) is 12.4. The summed E-state index contributed by atoms with van der Waals surface area (Å²) in [4.78, 5) is 25.0. The van der Waals surface area contributed by atoms with E-state index in [0.717, 1.165) is 22.5 Å². The van der Waals surface area contributed by atoms with Crippen LogP contribution in [0.1, 0.15) is 28.4 Å². The molecular weight excluding hydrogens is 448 g/mol. The maximum absolute atomic E-state index is 13.3. The Labute approximate surface area is 190 Å². The number of rotatable bonds is 6. The van der Waals surface area contributed by atoms with Gasteiger partial charge in [-0.1, -0.05) is 30.3 Å². The number of carbonyl (C=O) groups is 2. The van der Waals surface area contributed by atoms with Crippen molar-refractivity contribution in [1.29, 1.82) is 0 Å². The zero-order valence-corrected chi connectivity index (χ0v) is 19.0. The van der Waals surface area contributed by atoms with Gasteiger partial charge in [0.2, 0.25) is 5.91 Å². The highest BCUT2D eigenvalue weighted by Crippen LogP contribution is 2.31. The largest absolute Gasteiger partial charge is 0.462 e. The number of benzene rings is 2. The van der Waals surface area contributed by atoms with Crippen molar-refractivity contribution in [2.45, 2.75) is 30.1 Å². The third kappa shape index (κ3) is 4.45. The number of fused-ring (bicyclic) bond motifs is 1. The average molecular weight is 471 g/mol. The lowest BCUT2D eigenvalue weighted by molar-refractivity contribution is -0.120. The number of thiophene rings is 1. The summed E-state index contributed by atoms with van der Waals surface area (Å²) >= 11 is 1.13. The van der Waals surface area contributed by atoms with Gasteiger partial charge in [-0.3, -0.25) is 4.79 Å². The summed E-state index contributed by atoms with van der Waals surface area (Å²) in [5, 5.41) is 4.49. The van der Waals surface area contributed by atoms with Crippen molar-refractivity contribution < 1.29 is 22.7 Å². The molecule has 0 aliphatic carbocycles. The van der Waals surface area contributed by atoms with E-state index >= 15 is 0 Å². The summed E-state index contributed by atoms with van der Waals surface area (Å²) in [6.45, 7) is 2.12. The van der Waals surface area contributed by atoms with Gasteiger partial charge in [0, 0.05) is 12.2 Å². The Morgan fingerprint density at radius 2 is 1.78 bits per heavy atom. The summed E-state index contributed by atoms with van der Waals surface area (Å²) in [6.07, 6.45) is 0.271. The van der Waals surface area contributed by atoms with Gasteiger partial charge in [0.25, 0.3) is 10.0 Å². The molecule has 1 unspecified atom stereocenters. The van der Waals surface area contributed by atoms with Gasteiger partial charge in [-0.25, -0.2) is 13.2 Å². The Balaban J connectivity index is 1.60. The quantitative estimate of drug-likeness (QED) is 0.555. The summed E-state index contributed by atoms with van der Waals surface area (Å²) in [7, 11) is -3.84. The first-order chi connectivity index (χ1) is 15.4. The topological polar surface area (TPSA) is 92.8 Å². The number of sulfonamides is 1. The predicted octanol–water partition coefficient (Wildman–Crippen LogP) is 3.68. The minimum Gasteiger partial charge on any atom is -0.462 e. The van der Waals surface area contributed by atoms with Crippen molar-refractivity contribution in [3.63, 3.8) is 0 Å². The Morgan fingerprint density at radius 1 is 1.06 bits per heavy atom. The number of anilines is 1. The molecule has 2 aromatic carbocycles. The van der Waals surface area contributed by atoms with Crippen LogP contribution >= 0.6 is 11.3 Å². The minimum absolute atomic E-state index is 0.121. The first-order valence-electron chi connectivity index (χ1n) is 10.1. The molecule has 1 aliphatic rings. The van der Waals surface area contributed by atoms with Crippen molar-refractivity contribution in [2.24, 2.45) is 0 Å². The van der Waals surface area contributed by atoms with E-state index in [1.54, 1.807) is 48.7 Å². The van der Waals surface area contributed by atoms with Crippen LogP contribution < -0.4 is 5.32 Å². The molecule has 2 heterocycles. The van der Waals surface area contributed by atoms with E-state index in [4.69, 9.17) is 4.74 Å². The molecule has 1 N–H and O–H groups in total. The molecule has 0 spiro atoms. The number of nitrogens with one attached hydrogen (secondary N) is 1. The second-order valence-corrected chi connectivity index (χ2v) is 10.3. The maximum Gasteiger partial charge on any atom is 0.338 e. The molecule has 3 aromatic rings. The molecule has 32 heavy (non-hydrogen) atoms. The van der Waals surface area contributed by atoms with Gasteiger partial charge in [-0.05, 0) is 60.2 Å². The van der Waals surface area contributed by atoms with E-state index in [1.165, 1.54) is 4.31 Å². The molecule has 0 fully saturated rings. The van der Waals surface area contributed by atoms with Crippen molar-refractivity contribution in [1.82, 2.24) is 4.31 Å². The number of carbonyl (C=O) groups excluding carboxylic acids is 2. The van der Waals surface area contributed by atoms with Gasteiger partial charge in [-0.2, -0.15) is 4.31 Å². The molecule has 1 amide bonds. The second kappa shape index (κ2) is 9.23. The number of nitrogens with zero attached hydrogens (tertiary/aromatic N) is 1. The number of hydrogen-bond donors (Lipinski definition) is 1. The molecule has 7 nitrogen and oxygen atoms in total. The fraction of sp³-hybridized carbons (Fsp3) is 0.217. The van der Waals surface area contributed by atoms with Crippen LogP contribution in [-0.4, -0.2) is 37.2 Å². The van der Waals surface area contributed by atoms with E-state index in [1.807, 2.05) is 24.3 Å². The molecule has 1 atom stereocenters. The molecule has 0 radical (unpaired) electrons. The monoisotopic (exact) mass is 470 g/mol. The Hall–Kier alpha value is -3.01. The SMILES string of the molecule is CCOC(=O)c1ccc(NC(=O)C2Cc3ccccc3CN2S(=O)(=O)c2cccs2)cc1. The Bertz CT molecular complexity index is 1220. The highest BCUT2D eigenvalue weighted by atomic mass is 32.2. The fourth-order valence-electron chi connectivity index (χ4n) is 3.63. The number of hydrogen-bond acceptors (Lipinski definition) is 6. The summed E-state index contributed by atoms with van der Waals surface area (Å²) in [5.74, 6) is -0.869. The van der Waals surface area contributed by atoms with Crippen molar-refractivity contribution in [3.8, 4) is 0 Å². The molecular formula is C23H22N2O5S2. The van der Waals surface area contributed by atoms with Gasteiger partial charge in [0.15, 0.2) is 0 Å². The van der Waals surface area contributed by atoms with Crippen LogP contribution in [0.25, 0.3) is 0 Å². The highest BCUT2D eigenvalue weighted by Gasteiger charge is 2.40. The molecule has 9 heteroatoms. The lowest BCUT2D eigenvalue weighted by Gasteiger charge is -2.34. The summed E-state index contributed by atoms with van der Waals surface area (Å²) < 4.78 is 33.1. The van der Waals surface area contributed by atoms with Crippen molar-refractivity contribution in [2.75, 3.05) is 11.9 Å². The smallest absolute Gasteiger partial charge is 0.338 e. The molecule has 0 saturated heterocycles. The molecule has 1 aromatic heterocycles. The highest BCUT2D eigenvalue weighted by molar-refractivity contribution is 7.91. The third-order valence-electron chi connectivity index (χ3n) is 5.23. The van der Waals surface area contributed by atoms with Gasteiger partial charge >= 0.3 is 5.97 Å². The zero-order chi connectivity index (χ0) is 22.7. The fourth-order valence-corrected chi connectivity index (χ4v) is 6.32. The molecule has 0 saturated carbocycles. The van der Waals surface area contributed by atoms with Crippen LogP contribution in [-0.2, 0) is 32.5 Å². The van der Waals surface area contributed by atoms with Gasteiger partial charge in [0.05, 0.1) is 12.2 Å². The maximum atomic E-state index is 13.3. The summed E-state index contributed by atoms with van der Waals surface area (Å²) in [5.41, 5.74) is 2.67. The molecule has 166 valence electrons. The second-order valence-electron chi connectivity index (χ2n) is 7.26. The zero-order valence-electron chi connectivity index (χ0n) is 17.4. The van der Waals surface area contributed by atoms with E-state index < -0.39 is 27.9 Å². The Kier molecular flexibility index (Phi) is 6.40. The normalized spacial score (nSPS) is 16.2. The first kappa shape index (κ1) is 22.2. The lowest BCUT2D eigenvalue weighted by atomic mass is 9.95. The predicted molar refractivity (Wildman–Crippen MR) is 122 cm³/mol. The third-order valence-corrected chi connectivity index (χ3v) is 8.46. The average Bonchev–Trinajstić information content (AvgIpc) is 3.35. The van der Waals surface area contributed by atoms with E-state index in [9.17, 15) is 18.0 Å². The number of esters is 1. The van der Waals surface area contributed by atoms with Crippen molar-refractivity contribution >= 4 is 38.9 Å². The number of amides is 1.